The van der Waals surface area contributed by atoms with E-state index in [0.717, 1.165) is 6.42 Å². The quantitative estimate of drug-likeness (QED) is 0.825. The normalized spacial score (nSPS) is 15.5. The van der Waals surface area contributed by atoms with E-state index < -0.39 is 0 Å². The molecule has 89 valence electrons. The van der Waals surface area contributed by atoms with Crippen LogP contribution in [0.25, 0.3) is 5.57 Å². The van der Waals surface area contributed by atoms with E-state index in [1.54, 1.807) is 0 Å². The summed E-state index contributed by atoms with van der Waals surface area (Å²) in [5.74, 6) is 0. The molecule has 0 fully saturated rings. The van der Waals surface area contributed by atoms with Gasteiger partial charge in [0.25, 0.3) is 0 Å². The minimum Gasteiger partial charge on any atom is -0.383 e. The molecule has 1 radical (unpaired) electrons. The molecule has 1 aliphatic carbocycles. The van der Waals surface area contributed by atoms with Crippen molar-refractivity contribution in [2.24, 2.45) is 0 Å². The van der Waals surface area contributed by atoms with Crippen molar-refractivity contribution in [2.75, 3.05) is 0 Å². The van der Waals surface area contributed by atoms with Crippen LogP contribution in [0.3, 0.4) is 0 Å². The van der Waals surface area contributed by atoms with Crippen molar-refractivity contribution in [1.29, 1.82) is 0 Å². The van der Waals surface area contributed by atoms with Crippen LogP contribution in [0, 0.1) is 13.3 Å². The average molecular weight is 226 g/mol. The Labute approximate surface area is 104 Å². The lowest BCUT2D eigenvalue weighted by molar-refractivity contribution is 0.678. The SMILES string of the molecule is Cc1ccc(C2=CC(NC(C)C)=CC[CH]2)cc1. The molecule has 0 saturated carbocycles. The Morgan fingerprint density at radius 3 is 2.47 bits per heavy atom. The fourth-order valence-electron chi connectivity index (χ4n) is 1.98. The van der Waals surface area contributed by atoms with Gasteiger partial charge in [-0.25, -0.2) is 0 Å². The molecule has 1 aromatic rings. The first-order valence-electron chi connectivity index (χ1n) is 6.24. The third-order valence-electron chi connectivity index (χ3n) is 2.83. The summed E-state index contributed by atoms with van der Waals surface area (Å²) in [6.07, 6.45) is 7.75. The first kappa shape index (κ1) is 12.0. The molecule has 0 aliphatic heterocycles. The van der Waals surface area contributed by atoms with E-state index in [4.69, 9.17) is 0 Å². The van der Waals surface area contributed by atoms with Gasteiger partial charge in [-0.05, 0) is 50.8 Å². The van der Waals surface area contributed by atoms with Gasteiger partial charge in [0.2, 0.25) is 0 Å². The highest BCUT2D eigenvalue weighted by molar-refractivity contribution is 5.75. The largest absolute Gasteiger partial charge is 0.383 e. The highest BCUT2D eigenvalue weighted by atomic mass is 14.9. The van der Waals surface area contributed by atoms with Crippen LogP contribution in [0.5, 0.6) is 0 Å². The van der Waals surface area contributed by atoms with Crippen molar-refractivity contribution in [3.8, 4) is 0 Å². The van der Waals surface area contributed by atoms with Crippen LogP contribution < -0.4 is 5.32 Å². The van der Waals surface area contributed by atoms with Gasteiger partial charge in [-0.15, -0.1) is 0 Å². The van der Waals surface area contributed by atoms with Crippen LogP contribution in [0.1, 0.15) is 31.4 Å². The Kier molecular flexibility index (Phi) is 3.68. The molecule has 0 spiro atoms. The predicted molar refractivity (Wildman–Crippen MR) is 74.4 cm³/mol. The summed E-state index contributed by atoms with van der Waals surface area (Å²) >= 11 is 0. The molecule has 0 aromatic heterocycles. The van der Waals surface area contributed by atoms with Crippen LogP contribution in [0.4, 0.5) is 0 Å². The molecule has 17 heavy (non-hydrogen) atoms. The van der Waals surface area contributed by atoms with Crippen molar-refractivity contribution in [3.63, 3.8) is 0 Å². The molecule has 1 heteroatoms. The molecule has 1 aliphatic rings. The zero-order valence-corrected chi connectivity index (χ0v) is 10.8. The molecule has 0 saturated heterocycles. The maximum Gasteiger partial charge on any atom is 0.0304 e. The molecular weight excluding hydrogens is 206 g/mol. The molecule has 1 aromatic carbocycles. The Bertz CT molecular complexity index is 435. The maximum atomic E-state index is 3.46. The van der Waals surface area contributed by atoms with E-state index in [2.05, 4.69) is 68.9 Å². The Morgan fingerprint density at radius 1 is 1.12 bits per heavy atom. The van der Waals surface area contributed by atoms with Crippen LogP contribution in [0.2, 0.25) is 0 Å². The van der Waals surface area contributed by atoms with Crippen LogP contribution >= 0.6 is 0 Å². The van der Waals surface area contributed by atoms with E-state index >= 15 is 0 Å². The van der Waals surface area contributed by atoms with Crippen molar-refractivity contribution in [3.05, 3.63) is 59.7 Å². The number of hydrogen-bond donors (Lipinski definition) is 1. The van der Waals surface area contributed by atoms with E-state index in [1.165, 1.54) is 22.4 Å². The number of rotatable bonds is 3. The highest BCUT2D eigenvalue weighted by Crippen LogP contribution is 2.25. The third-order valence-corrected chi connectivity index (χ3v) is 2.83. The van der Waals surface area contributed by atoms with Gasteiger partial charge in [0.15, 0.2) is 0 Å². The van der Waals surface area contributed by atoms with Gasteiger partial charge in [0.1, 0.15) is 0 Å². The van der Waals surface area contributed by atoms with Crippen molar-refractivity contribution in [2.45, 2.75) is 33.2 Å². The van der Waals surface area contributed by atoms with Crippen molar-refractivity contribution < 1.29 is 0 Å². The van der Waals surface area contributed by atoms with E-state index in [0.29, 0.717) is 6.04 Å². The maximum absolute atomic E-state index is 3.46. The van der Waals surface area contributed by atoms with E-state index in [-0.39, 0.29) is 0 Å². The minimum atomic E-state index is 0.481. The zero-order chi connectivity index (χ0) is 12.3. The summed E-state index contributed by atoms with van der Waals surface area (Å²) in [7, 11) is 0. The summed E-state index contributed by atoms with van der Waals surface area (Å²) in [6.45, 7) is 6.45. The van der Waals surface area contributed by atoms with E-state index in [9.17, 15) is 0 Å². The number of nitrogens with one attached hydrogen (secondary N) is 1. The average Bonchev–Trinajstić information content (AvgIpc) is 2.29. The number of allylic oxidation sites excluding steroid dienone is 3. The van der Waals surface area contributed by atoms with Gasteiger partial charge in [-0.3, -0.25) is 0 Å². The molecule has 1 nitrogen and oxygen atoms in total. The lowest BCUT2D eigenvalue weighted by Gasteiger charge is -2.17. The fourth-order valence-corrected chi connectivity index (χ4v) is 1.98. The third kappa shape index (κ3) is 3.23. The van der Waals surface area contributed by atoms with Crippen LogP contribution in [-0.2, 0) is 0 Å². The summed E-state index contributed by atoms with van der Waals surface area (Å²) < 4.78 is 0. The monoisotopic (exact) mass is 226 g/mol. The molecule has 0 atom stereocenters. The Hall–Kier alpha value is -1.50. The lowest BCUT2D eigenvalue weighted by atomic mass is 9.95. The molecule has 2 rings (SSSR count). The molecule has 0 unspecified atom stereocenters. The second-order valence-electron chi connectivity index (χ2n) is 4.86. The Balaban J connectivity index is 2.18. The fraction of sp³-hybridized carbons (Fsp3) is 0.312. The van der Waals surface area contributed by atoms with Gasteiger partial charge in [0.05, 0.1) is 0 Å². The predicted octanol–water partition coefficient (Wildman–Crippen LogP) is 3.87. The van der Waals surface area contributed by atoms with Gasteiger partial charge < -0.3 is 5.32 Å². The van der Waals surface area contributed by atoms with Crippen LogP contribution in [-0.4, -0.2) is 6.04 Å². The smallest absolute Gasteiger partial charge is 0.0304 e. The van der Waals surface area contributed by atoms with Gasteiger partial charge >= 0.3 is 0 Å². The summed E-state index contributed by atoms with van der Waals surface area (Å²) in [5.41, 5.74) is 5.15. The first-order valence-corrected chi connectivity index (χ1v) is 6.24. The Morgan fingerprint density at radius 2 is 1.82 bits per heavy atom. The summed E-state index contributed by atoms with van der Waals surface area (Å²) in [5, 5.41) is 3.46. The van der Waals surface area contributed by atoms with Gasteiger partial charge in [-0.2, -0.15) is 0 Å². The van der Waals surface area contributed by atoms with Crippen molar-refractivity contribution in [1.82, 2.24) is 5.32 Å². The van der Waals surface area contributed by atoms with Crippen molar-refractivity contribution >= 4 is 5.57 Å². The second kappa shape index (κ2) is 5.22. The molecule has 0 bridgehead atoms. The first-order chi connectivity index (χ1) is 8.15. The van der Waals surface area contributed by atoms with Crippen LogP contribution in [0.15, 0.2) is 42.1 Å². The molecule has 0 amide bonds. The standard InChI is InChI=1S/C16H20N/c1-12(2)17-16-6-4-5-15(11-16)14-9-7-13(3)8-10-14/h5-12,17H,4H2,1-3H3. The highest BCUT2D eigenvalue weighted by Gasteiger charge is 2.08. The lowest BCUT2D eigenvalue weighted by Crippen LogP contribution is -2.21. The summed E-state index contributed by atoms with van der Waals surface area (Å²) in [6, 6.07) is 9.19. The second-order valence-corrected chi connectivity index (χ2v) is 4.86. The number of aryl methyl sites for hydroxylation is 1. The van der Waals surface area contributed by atoms with E-state index in [1.807, 2.05) is 0 Å². The molecule has 1 N–H and O–H groups in total. The molecular formula is C16H20N. The zero-order valence-electron chi connectivity index (χ0n) is 10.8. The molecule has 0 heterocycles. The summed E-state index contributed by atoms with van der Waals surface area (Å²) in [4.78, 5) is 0. The number of hydrogen-bond acceptors (Lipinski definition) is 1. The topological polar surface area (TPSA) is 12.0 Å². The van der Waals surface area contributed by atoms with Gasteiger partial charge in [-0.1, -0.05) is 35.9 Å². The van der Waals surface area contributed by atoms with Gasteiger partial charge in [0, 0.05) is 11.7 Å². The number of benzene rings is 1. The minimum absolute atomic E-state index is 0.481.